The van der Waals surface area contributed by atoms with E-state index in [1.165, 1.54) is 22.3 Å². The first-order valence-corrected chi connectivity index (χ1v) is 7.28. The van der Waals surface area contributed by atoms with Gasteiger partial charge >= 0.3 is 0 Å². The van der Waals surface area contributed by atoms with Crippen molar-refractivity contribution >= 4 is 5.96 Å². The molecule has 0 saturated carbocycles. The molecule has 4 heteroatoms. The monoisotopic (exact) mass is 275 g/mol. The van der Waals surface area contributed by atoms with Crippen molar-refractivity contribution in [2.75, 3.05) is 13.2 Å². The molecular weight excluding hydrogens is 250 g/mol. The number of rotatable bonds is 4. The third-order valence-electron chi connectivity index (χ3n) is 3.78. The van der Waals surface area contributed by atoms with Gasteiger partial charge in [-0.25, -0.2) is 4.99 Å². The predicted molar refractivity (Wildman–Crippen MR) is 83.0 cm³/mol. The lowest BCUT2D eigenvalue weighted by atomic mass is 10.00. The summed E-state index contributed by atoms with van der Waals surface area (Å²) in [6, 6.07) is 4.38. The van der Waals surface area contributed by atoms with Crippen LogP contribution in [-0.2, 0) is 11.3 Å². The van der Waals surface area contributed by atoms with Gasteiger partial charge in [-0.1, -0.05) is 17.7 Å². The first-order valence-electron chi connectivity index (χ1n) is 7.28. The van der Waals surface area contributed by atoms with Crippen molar-refractivity contribution in [2.45, 2.75) is 46.3 Å². The maximum absolute atomic E-state index is 5.91. The van der Waals surface area contributed by atoms with Gasteiger partial charge in [0.15, 0.2) is 5.96 Å². The molecule has 0 spiro atoms. The van der Waals surface area contributed by atoms with Crippen molar-refractivity contribution in [3.05, 3.63) is 34.4 Å². The van der Waals surface area contributed by atoms with E-state index in [1.54, 1.807) is 0 Å². The van der Waals surface area contributed by atoms with E-state index in [-0.39, 0.29) is 6.10 Å². The van der Waals surface area contributed by atoms with Gasteiger partial charge < -0.3 is 15.8 Å². The molecule has 3 N–H and O–H groups in total. The zero-order valence-corrected chi connectivity index (χ0v) is 12.7. The highest BCUT2D eigenvalue weighted by atomic mass is 16.5. The van der Waals surface area contributed by atoms with E-state index in [0.29, 0.717) is 12.5 Å². The summed E-state index contributed by atoms with van der Waals surface area (Å²) in [7, 11) is 0. The Labute approximate surface area is 121 Å². The van der Waals surface area contributed by atoms with Gasteiger partial charge in [0.1, 0.15) is 0 Å². The van der Waals surface area contributed by atoms with Crippen molar-refractivity contribution in [3.8, 4) is 0 Å². The number of aryl methyl sites for hydroxylation is 3. The van der Waals surface area contributed by atoms with Gasteiger partial charge in [-0.15, -0.1) is 0 Å². The molecule has 0 radical (unpaired) electrons. The summed E-state index contributed by atoms with van der Waals surface area (Å²) in [5.74, 6) is 0.500. The van der Waals surface area contributed by atoms with E-state index in [4.69, 9.17) is 10.5 Å². The molecule has 1 aliphatic rings. The summed E-state index contributed by atoms with van der Waals surface area (Å²) in [4.78, 5) is 4.43. The normalized spacial score (nSPS) is 19.4. The Hall–Kier alpha value is -1.55. The highest BCUT2D eigenvalue weighted by Gasteiger charge is 2.14. The Morgan fingerprint density at radius 3 is 2.65 bits per heavy atom. The summed E-state index contributed by atoms with van der Waals surface area (Å²) >= 11 is 0. The number of nitrogens with two attached hydrogens (primary N) is 1. The van der Waals surface area contributed by atoms with E-state index in [0.717, 1.165) is 26.0 Å². The number of nitrogens with zero attached hydrogens (tertiary/aromatic N) is 1. The Morgan fingerprint density at radius 2 is 2.05 bits per heavy atom. The van der Waals surface area contributed by atoms with Crippen LogP contribution in [0, 0.1) is 20.8 Å². The first kappa shape index (κ1) is 14.9. The number of hydrogen-bond donors (Lipinski definition) is 2. The maximum atomic E-state index is 5.91. The molecule has 0 amide bonds. The molecule has 1 saturated heterocycles. The Morgan fingerprint density at radius 1 is 1.35 bits per heavy atom. The van der Waals surface area contributed by atoms with Crippen LogP contribution in [0.5, 0.6) is 0 Å². The lowest BCUT2D eigenvalue weighted by Gasteiger charge is -2.12. The molecule has 1 fully saturated rings. The second-order valence-corrected chi connectivity index (χ2v) is 5.59. The van der Waals surface area contributed by atoms with Gasteiger partial charge in [0.25, 0.3) is 0 Å². The van der Waals surface area contributed by atoms with Crippen molar-refractivity contribution in [3.63, 3.8) is 0 Å². The zero-order chi connectivity index (χ0) is 14.5. The molecule has 1 aromatic carbocycles. The van der Waals surface area contributed by atoms with Gasteiger partial charge in [-0.05, 0) is 50.3 Å². The standard InChI is InChI=1S/C16H25N3O/c1-11-7-12(2)15(13(3)8-11)10-19-16(17)18-9-14-5-4-6-20-14/h7-8,14H,4-6,9-10H2,1-3H3,(H3,17,18,19). The minimum Gasteiger partial charge on any atom is -0.376 e. The number of aliphatic imine (C=N–C) groups is 1. The highest BCUT2D eigenvalue weighted by Crippen LogP contribution is 2.17. The smallest absolute Gasteiger partial charge is 0.189 e. The van der Waals surface area contributed by atoms with E-state index in [1.807, 2.05) is 0 Å². The molecule has 1 atom stereocenters. The molecule has 0 bridgehead atoms. The van der Waals surface area contributed by atoms with Crippen LogP contribution in [0.2, 0.25) is 0 Å². The second kappa shape index (κ2) is 6.75. The third-order valence-corrected chi connectivity index (χ3v) is 3.78. The number of nitrogens with one attached hydrogen (secondary N) is 1. The van der Waals surface area contributed by atoms with Gasteiger partial charge in [0, 0.05) is 13.2 Å². The van der Waals surface area contributed by atoms with Gasteiger partial charge in [0.2, 0.25) is 0 Å². The summed E-state index contributed by atoms with van der Waals surface area (Å²) in [6.07, 6.45) is 2.54. The van der Waals surface area contributed by atoms with Crippen LogP contribution in [-0.4, -0.2) is 25.2 Å². The predicted octanol–water partition coefficient (Wildman–Crippen LogP) is 2.20. The second-order valence-electron chi connectivity index (χ2n) is 5.59. The fourth-order valence-corrected chi connectivity index (χ4v) is 2.70. The van der Waals surface area contributed by atoms with Crippen molar-refractivity contribution < 1.29 is 4.74 Å². The minimum atomic E-state index is 0.284. The lowest BCUT2D eigenvalue weighted by Crippen LogP contribution is -2.37. The molecule has 2 rings (SSSR count). The fourth-order valence-electron chi connectivity index (χ4n) is 2.70. The van der Waals surface area contributed by atoms with E-state index in [2.05, 4.69) is 43.2 Å². The fraction of sp³-hybridized carbons (Fsp3) is 0.562. The molecule has 0 aliphatic carbocycles. The third kappa shape index (κ3) is 3.97. The molecule has 110 valence electrons. The van der Waals surface area contributed by atoms with Crippen molar-refractivity contribution in [1.82, 2.24) is 5.32 Å². The van der Waals surface area contributed by atoms with Crippen LogP contribution in [0.3, 0.4) is 0 Å². The molecule has 4 nitrogen and oxygen atoms in total. The number of hydrogen-bond acceptors (Lipinski definition) is 2. The topological polar surface area (TPSA) is 59.6 Å². The van der Waals surface area contributed by atoms with Crippen LogP contribution in [0.1, 0.15) is 35.1 Å². The van der Waals surface area contributed by atoms with E-state index >= 15 is 0 Å². The van der Waals surface area contributed by atoms with Crippen LogP contribution in [0.4, 0.5) is 0 Å². The van der Waals surface area contributed by atoms with E-state index < -0.39 is 0 Å². The average molecular weight is 275 g/mol. The number of guanidine groups is 1. The summed E-state index contributed by atoms with van der Waals surface area (Å²) in [6.45, 7) is 8.61. The van der Waals surface area contributed by atoms with Gasteiger partial charge in [-0.2, -0.15) is 0 Å². The summed E-state index contributed by atoms with van der Waals surface area (Å²) in [5, 5.41) is 3.15. The van der Waals surface area contributed by atoms with Gasteiger partial charge in [0.05, 0.1) is 12.6 Å². The van der Waals surface area contributed by atoms with Crippen molar-refractivity contribution in [1.29, 1.82) is 0 Å². The largest absolute Gasteiger partial charge is 0.376 e. The van der Waals surface area contributed by atoms with Crippen molar-refractivity contribution in [2.24, 2.45) is 10.7 Å². The lowest BCUT2D eigenvalue weighted by molar-refractivity contribution is 0.114. The quantitative estimate of drug-likeness (QED) is 0.654. The molecule has 1 aromatic rings. The Kier molecular flexibility index (Phi) is 5.01. The minimum absolute atomic E-state index is 0.284. The van der Waals surface area contributed by atoms with Crippen LogP contribution >= 0.6 is 0 Å². The highest BCUT2D eigenvalue weighted by molar-refractivity contribution is 5.77. The summed E-state index contributed by atoms with van der Waals surface area (Å²) < 4.78 is 5.54. The van der Waals surface area contributed by atoms with E-state index in [9.17, 15) is 0 Å². The Bertz CT molecular complexity index is 467. The Balaban J connectivity index is 1.91. The molecule has 20 heavy (non-hydrogen) atoms. The number of ether oxygens (including phenoxy) is 1. The maximum Gasteiger partial charge on any atom is 0.189 e. The van der Waals surface area contributed by atoms with Gasteiger partial charge in [-0.3, -0.25) is 0 Å². The summed E-state index contributed by atoms with van der Waals surface area (Å²) in [5.41, 5.74) is 11.0. The molecule has 0 aromatic heterocycles. The van der Waals surface area contributed by atoms with Crippen LogP contribution in [0.25, 0.3) is 0 Å². The SMILES string of the molecule is Cc1cc(C)c(CN=C(N)NCC2CCCO2)c(C)c1. The molecule has 1 heterocycles. The van der Waals surface area contributed by atoms with Crippen LogP contribution in [0.15, 0.2) is 17.1 Å². The number of benzene rings is 1. The zero-order valence-electron chi connectivity index (χ0n) is 12.7. The van der Waals surface area contributed by atoms with Crippen LogP contribution < -0.4 is 11.1 Å². The average Bonchev–Trinajstić information content (AvgIpc) is 2.88. The molecule has 1 unspecified atom stereocenters. The first-order chi connectivity index (χ1) is 9.56. The molecule has 1 aliphatic heterocycles. The molecular formula is C16H25N3O.